The highest BCUT2D eigenvalue weighted by Gasteiger charge is 2.24. The van der Waals surface area contributed by atoms with Crippen molar-refractivity contribution in [2.24, 2.45) is 0 Å². The molecule has 2 aromatic carbocycles. The molecular formula is C34H28N4O5. The Kier molecular flexibility index (Phi) is 7.80. The van der Waals surface area contributed by atoms with Gasteiger partial charge in [0.15, 0.2) is 5.43 Å². The summed E-state index contributed by atoms with van der Waals surface area (Å²) in [5.41, 5.74) is 4.15. The maximum Gasteiger partial charge on any atom is 0.338 e. The molecule has 4 aromatic rings. The van der Waals surface area contributed by atoms with E-state index in [0.717, 1.165) is 11.4 Å². The topological polar surface area (TPSA) is 129 Å². The highest BCUT2D eigenvalue weighted by molar-refractivity contribution is 6.10. The quantitative estimate of drug-likeness (QED) is 0.173. The van der Waals surface area contributed by atoms with Gasteiger partial charge in [0.1, 0.15) is 17.1 Å². The van der Waals surface area contributed by atoms with Crippen LogP contribution in [0.3, 0.4) is 0 Å². The van der Waals surface area contributed by atoms with Gasteiger partial charge in [0.05, 0.1) is 17.0 Å². The molecular weight excluding hydrogens is 544 g/mol. The Morgan fingerprint density at radius 2 is 1.58 bits per heavy atom. The molecule has 0 spiro atoms. The molecule has 3 N–H and O–H groups in total. The number of carbonyl (C=O) groups is 1. The van der Waals surface area contributed by atoms with Crippen LogP contribution >= 0.6 is 0 Å². The average molecular weight is 573 g/mol. The molecule has 2 aliphatic rings. The molecule has 0 amide bonds. The summed E-state index contributed by atoms with van der Waals surface area (Å²) in [6.07, 6.45) is 3.53. The molecule has 9 nitrogen and oxygen atoms in total. The van der Waals surface area contributed by atoms with Gasteiger partial charge in [-0.05, 0) is 60.2 Å². The van der Waals surface area contributed by atoms with Crippen molar-refractivity contribution in [2.45, 2.75) is 13.1 Å². The summed E-state index contributed by atoms with van der Waals surface area (Å²) in [6, 6.07) is 26.0. The minimum absolute atomic E-state index is 0.00494. The number of carboxylic acid groups (broad SMARTS) is 1. The van der Waals surface area contributed by atoms with Gasteiger partial charge in [-0.15, -0.1) is 0 Å². The number of rotatable bonds is 10. The van der Waals surface area contributed by atoms with Crippen molar-refractivity contribution in [1.29, 1.82) is 0 Å². The van der Waals surface area contributed by atoms with Crippen molar-refractivity contribution in [2.75, 3.05) is 18.4 Å². The molecule has 0 fully saturated rings. The van der Waals surface area contributed by atoms with E-state index in [1.54, 1.807) is 42.7 Å². The minimum Gasteiger partial charge on any atom is -0.508 e. The summed E-state index contributed by atoms with van der Waals surface area (Å²) in [5.74, 6) is -0.803. The standard InChI is InChI=1S/C34H28N4O5/c39-24-10-12-26-30(18-24)43-31-19-25(40)11-13-27(31)32(26)28-8-5-9-29(33(28)34(41)42)37-16-17-38(20-22-6-1-3-14-35-22)21-23-7-2-4-15-36-23/h1-15,18-19,37,39H,16-17,20-21H2,(H,41,42). The molecule has 9 heteroatoms. The van der Waals surface area contributed by atoms with Crippen LogP contribution in [0.5, 0.6) is 5.75 Å². The summed E-state index contributed by atoms with van der Waals surface area (Å²) >= 11 is 0. The van der Waals surface area contributed by atoms with Crippen LogP contribution < -0.4 is 10.7 Å². The maximum atomic E-state index is 12.8. The summed E-state index contributed by atoms with van der Waals surface area (Å²) in [5, 5.41) is 24.5. The molecule has 0 saturated carbocycles. The fraction of sp³-hybridized carbons (Fsp3) is 0.118. The van der Waals surface area contributed by atoms with Gasteiger partial charge in [-0.25, -0.2) is 4.79 Å². The number of hydrogen-bond donors (Lipinski definition) is 3. The van der Waals surface area contributed by atoms with Crippen molar-refractivity contribution in [3.05, 3.63) is 131 Å². The van der Waals surface area contributed by atoms with Crippen LogP contribution in [0.2, 0.25) is 0 Å². The molecule has 43 heavy (non-hydrogen) atoms. The van der Waals surface area contributed by atoms with Crippen LogP contribution in [0.15, 0.2) is 113 Å². The summed E-state index contributed by atoms with van der Waals surface area (Å²) < 4.78 is 5.95. The van der Waals surface area contributed by atoms with Crippen LogP contribution in [0.25, 0.3) is 33.4 Å². The first-order chi connectivity index (χ1) is 21.0. The Morgan fingerprint density at radius 3 is 2.26 bits per heavy atom. The average Bonchev–Trinajstić information content (AvgIpc) is 3.00. The molecule has 0 unspecified atom stereocenters. The second kappa shape index (κ2) is 12.1. The highest BCUT2D eigenvalue weighted by Crippen LogP contribution is 2.43. The number of aromatic nitrogens is 2. The van der Waals surface area contributed by atoms with Gasteiger partial charge in [0.25, 0.3) is 0 Å². The zero-order chi connectivity index (χ0) is 29.8. The predicted molar refractivity (Wildman–Crippen MR) is 164 cm³/mol. The third-order valence-corrected chi connectivity index (χ3v) is 7.19. The molecule has 1 aliphatic carbocycles. The zero-order valence-electron chi connectivity index (χ0n) is 23.1. The van der Waals surface area contributed by atoms with Crippen LogP contribution in [0, 0.1) is 0 Å². The van der Waals surface area contributed by atoms with Gasteiger partial charge in [-0.3, -0.25) is 19.7 Å². The van der Waals surface area contributed by atoms with Crippen LogP contribution in [-0.4, -0.2) is 44.1 Å². The molecule has 0 bridgehead atoms. The summed E-state index contributed by atoms with van der Waals surface area (Å²) in [6.45, 7) is 2.26. The number of fused-ring (bicyclic) bond motifs is 2. The van der Waals surface area contributed by atoms with E-state index < -0.39 is 5.97 Å². The molecule has 0 radical (unpaired) electrons. The van der Waals surface area contributed by atoms with Crippen LogP contribution in [0.4, 0.5) is 5.69 Å². The SMILES string of the molecule is O=C(O)c1c(NCCN(Cc2ccccn2)Cc2ccccn2)cccc1-c1c2ccc(=O)cc-2oc2cc(O)ccc12. The monoisotopic (exact) mass is 572 g/mol. The molecule has 214 valence electrons. The van der Waals surface area contributed by atoms with E-state index in [4.69, 9.17) is 4.42 Å². The number of aromatic carboxylic acids is 1. The molecule has 3 heterocycles. The Balaban J connectivity index is 1.35. The Bertz CT molecular complexity index is 1880. The number of phenols is 1. The third kappa shape index (κ3) is 6.07. The first kappa shape index (κ1) is 27.6. The van der Waals surface area contributed by atoms with E-state index in [2.05, 4.69) is 20.2 Å². The molecule has 0 saturated heterocycles. The number of phenolic OH excluding ortho intramolecular Hbond substituents is 1. The molecule has 0 atom stereocenters. The first-order valence-electron chi connectivity index (χ1n) is 13.8. The van der Waals surface area contributed by atoms with Crippen molar-refractivity contribution < 1.29 is 19.4 Å². The first-order valence-corrected chi connectivity index (χ1v) is 13.8. The zero-order valence-corrected chi connectivity index (χ0v) is 23.1. The van der Waals surface area contributed by atoms with Crippen molar-refractivity contribution in [1.82, 2.24) is 14.9 Å². The smallest absolute Gasteiger partial charge is 0.338 e. The highest BCUT2D eigenvalue weighted by atomic mass is 16.4. The second-order valence-corrected chi connectivity index (χ2v) is 10.1. The van der Waals surface area contributed by atoms with E-state index in [1.165, 1.54) is 24.3 Å². The van der Waals surface area contributed by atoms with Crippen molar-refractivity contribution >= 4 is 22.6 Å². The summed E-state index contributed by atoms with van der Waals surface area (Å²) in [7, 11) is 0. The Morgan fingerprint density at radius 1 is 0.837 bits per heavy atom. The Labute approximate surface area is 247 Å². The Hall–Kier alpha value is -5.54. The third-order valence-electron chi connectivity index (χ3n) is 7.19. The normalized spacial score (nSPS) is 11.3. The predicted octanol–water partition coefficient (Wildman–Crippen LogP) is 5.87. The van der Waals surface area contributed by atoms with E-state index in [9.17, 15) is 19.8 Å². The van der Waals surface area contributed by atoms with E-state index in [-0.39, 0.29) is 16.7 Å². The number of anilines is 1. The lowest BCUT2D eigenvalue weighted by Gasteiger charge is -2.23. The second-order valence-electron chi connectivity index (χ2n) is 10.1. The van der Waals surface area contributed by atoms with Gasteiger partial charge >= 0.3 is 5.97 Å². The molecule has 2 aromatic heterocycles. The lowest BCUT2D eigenvalue weighted by Crippen LogP contribution is -2.29. The molecule has 1 aliphatic heterocycles. The number of hydrogen-bond acceptors (Lipinski definition) is 8. The largest absolute Gasteiger partial charge is 0.508 e. The van der Waals surface area contributed by atoms with Crippen molar-refractivity contribution in [3.8, 4) is 28.2 Å². The molecule has 6 rings (SSSR count). The minimum atomic E-state index is -1.10. The van der Waals surface area contributed by atoms with Gasteiger partial charge in [-0.1, -0.05) is 24.3 Å². The lowest BCUT2D eigenvalue weighted by atomic mass is 9.90. The van der Waals surface area contributed by atoms with E-state index >= 15 is 0 Å². The van der Waals surface area contributed by atoms with Gasteiger partial charge < -0.3 is 19.9 Å². The van der Waals surface area contributed by atoms with E-state index in [0.29, 0.717) is 65.3 Å². The van der Waals surface area contributed by atoms with Gasteiger partial charge in [0.2, 0.25) is 0 Å². The number of pyridine rings is 2. The number of benzene rings is 3. The van der Waals surface area contributed by atoms with Crippen LogP contribution in [-0.2, 0) is 13.1 Å². The number of carboxylic acids is 1. The van der Waals surface area contributed by atoms with Crippen molar-refractivity contribution in [3.63, 3.8) is 0 Å². The maximum absolute atomic E-state index is 12.8. The summed E-state index contributed by atoms with van der Waals surface area (Å²) in [4.78, 5) is 36.1. The lowest BCUT2D eigenvalue weighted by molar-refractivity contribution is 0.0698. The number of nitrogens with zero attached hydrogens (tertiary/aromatic N) is 3. The van der Waals surface area contributed by atoms with Gasteiger partial charge in [-0.2, -0.15) is 0 Å². The fourth-order valence-electron chi connectivity index (χ4n) is 5.29. The van der Waals surface area contributed by atoms with E-state index in [1.807, 2.05) is 36.4 Å². The van der Waals surface area contributed by atoms with Gasteiger partial charge in [0, 0.05) is 72.9 Å². The van der Waals surface area contributed by atoms with Crippen LogP contribution in [0.1, 0.15) is 21.7 Å². The fourth-order valence-corrected chi connectivity index (χ4v) is 5.29. The number of nitrogens with one attached hydrogen (secondary N) is 1. The number of aromatic hydroxyl groups is 1.